The van der Waals surface area contributed by atoms with Crippen LogP contribution in [0.15, 0.2) is 48.5 Å². The zero-order valence-electron chi connectivity index (χ0n) is 21.9. The van der Waals surface area contributed by atoms with Gasteiger partial charge in [-0.2, -0.15) is 0 Å². The second-order valence-corrected chi connectivity index (χ2v) is 6.57. The largest absolute Gasteiger partial charge is 2.00 e. The monoisotopic (exact) mass is 690 g/mol. The fourth-order valence-corrected chi connectivity index (χ4v) is 1.94. The SMILES string of the molecule is CCC.O.O.O=C(O)C(=O)[N-]c1ccccc1[N-]C(=O)C(=O)O.O=C(O)C(=O)[N-]c1ccccc1[N-]C(=O)C(=O)O.[Mn+2].[Mn+2]. The molecule has 4 amide bonds. The summed E-state index contributed by atoms with van der Waals surface area (Å²) >= 11 is 0. The first-order valence-electron chi connectivity index (χ1n) is 10.4. The minimum Gasteiger partial charge on any atom is -0.618 e. The molecule has 0 bridgehead atoms. The van der Waals surface area contributed by atoms with Crippen LogP contribution in [0.5, 0.6) is 0 Å². The summed E-state index contributed by atoms with van der Waals surface area (Å²) in [5.74, 6) is -12.9. The number of hydrogen-bond donors (Lipinski definition) is 4. The van der Waals surface area contributed by atoms with Gasteiger partial charge in [0, 0.05) is 0 Å². The number of carbonyl (C=O) groups excluding carboxylic acids is 4. The third-order valence-corrected chi connectivity index (χ3v) is 3.38. The third kappa shape index (κ3) is 19.0. The molecule has 2 aromatic rings. The van der Waals surface area contributed by atoms with Gasteiger partial charge in [-0.25, -0.2) is 19.2 Å². The van der Waals surface area contributed by atoms with Crippen molar-refractivity contribution in [1.82, 2.24) is 0 Å². The quantitative estimate of drug-likeness (QED) is 0.262. The Morgan fingerprint density at radius 3 is 0.721 bits per heavy atom. The number of carboxylic acids is 4. The molecule has 2 radical (unpaired) electrons. The summed E-state index contributed by atoms with van der Waals surface area (Å²) in [6.45, 7) is 4.25. The second-order valence-electron chi connectivity index (χ2n) is 6.57. The molecule has 0 aliphatic heterocycles. The summed E-state index contributed by atoms with van der Waals surface area (Å²) < 4.78 is 0. The smallest absolute Gasteiger partial charge is 0.618 e. The summed E-state index contributed by atoms with van der Waals surface area (Å²) in [4.78, 5) is 84.7. The Hall–Kier alpha value is -4.84. The molecular weight excluding hydrogens is 666 g/mol. The Morgan fingerprint density at radius 2 is 0.605 bits per heavy atom. The van der Waals surface area contributed by atoms with E-state index in [1.807, 2.05) is 0 Å². The van der Waals surface area contributed by atoms with E-state index >= 15 is 0 Å². The summed E-state index contributed by atoms with van der Waals surface area (Å²) in [6.07, 6.45) is 1.25. The number of aliphatic carboxylic acids is 4. The van der Waals surface area contributed by atoms with E-state index in [-0.39, 0.29) is 67.8 Å². The van der Waals surface area contributed by atoms with Crippen molar-refractivity contribution in [3.05, 3.63) is 69.8 Å². The standard InChI is InChI=1S/2C10H8N2O6.C3H8.2Mn.2H2O/c2*13-7(9(15)16)11-5-3-1-2-4-6(5)12-8(14)10(17)18;1-3-2;;;;/h2*1-4H,(H4,11,12,13,14,15,16,17,18);3H2,1-2H3;;;2*1H2/q;;;2*+2;;/p-4. The summed E-state index contributed by atoms with van der Waals surface area (Å²) in [7, 11) is 0. The van der Waals surface area contributed by atoms with Gasteiger partial charge in [-0.15, -0.1) is 22.7 Å². The first-order chi connectivity index (χ1) is 18.2. The molecule has 0 spiro atoms. The van der Waals surface area contributed by atoms with Crippen LogP contribution in [-0.4, -0.2) is 78.9 Å². The van der Waals surface area contributed by atoms with Gasteiger partial charge in [0.05, 0.1) is 0 Å². The van der Waals surface area contributed by atoms with Crippen molar-refractivity contribution in [3.63, 3.8) is 0 Å². The average molecular weight is 690 g/mol. The number of hydrogen-bond acceptors (Lipinski definition) is 8. The van der Waals surface area contributed by atoms with Gasteiger partial charge in [-0.05, 0) is 0 Å². The van der Waals surface area contributed by atoms with Gasteiger partial charge in [0.1, 0.15) is 0 Å². The van der Waals surface area contributed by atoms with E-state index in [0.29, 0.717) is 0 Å². The normalized spacial score (nSPS) is 8.23. The van der Waals surface area contributed by atoms with E-state index in [0.717, 1.165) is 0 Å². The average Bonchev–Trinajstić information content (AvgIpc) is 2.86. The molecule has 0 aliphatic carbocycles. The van der Waals surface area contributed by atoms with E-state index < -0.39 is 47.5 Å². The molecule has 2 rings (SSSR count). The number of amides is 4. The number of rotatable bonds is 4. The van der Waals surface area contributed by atoms with Crippen molar-refractivity contribution in [2.45, 2.75) is 20.3 Å². The summed E-state index contributed by atoms with van der Waals surface area (Å²) in [5, 5.41) is 46.3. The van der Waals surface area contributed by atoms with Gasteiger partial charge >= 0.3 is 58.0 Å². The van der Waals surface area contributed by atoms with Crippen LogP contribution in [0.25, 0.3) is 21.3 Å². The molecule has 0 aromatic heterocycles. The molecule has 18 nitrogen and oxygen atoms in total. The minimum atomic E-state index is -1.77. The Morgan fingerprint density at radius 1 is 0.465 bits per heavy atom. The first kappa shape index (κ1) is 47.9. The number of carboxylic acid groups (broad SMARTS) is 4. The van der Waals surface area contributed by atoms with E-state index in [1.54, 1.807) is 0 Å². The Bertz CT molecular complexity index is 1080. The second kappa shape index (κ2) is 24.9. The van der Waals surface area contributed by atoms with Gasteiger partial charge in [0.25, 0.3) is 0 Å². The van der Waals surface area contributed by atoms with E-state index in [9.17, 15) is 38.4 Å². The van der Waals surface area contributed by atoms with Crippen molar-refractivity contribution in [3.8, 4) is 0 Å². The minimum absolute atomic E-state index is 0. The fraction of sp³-hybridized carbons (Fsp3) is 0.130. The zero-order valence-corrected chi connectivity index (χ0v) is 24.3. The van der Waals surface area contributed by atoms with Crippen LogP contribution < -0.4 is 0 Å². The van der Waals surface area contributed by atoms with E-state index in [4.69, 9.17) is 20.4 Å². The van der Waals surface area contributed by atoms with Gasteiger partial charge in [-0.1, -0.05) is 68.8 Å². The number of nitrogens with zero attached hydrogens (tertiary/aromatic N) is 4. The topological polar surface area (TPSA) is 337 Å². The molecule has 0 aliphatic rings. The van der Waals surface area contributed by atoms with Crippen LogP contribution >= 0.6 is 0 Å². The molecule has 20 heteroatoms. The molecule has 0 saturated heterocycles. The van der Waals surface area contributed by atoms with E-state index in [1.165, 1.54) is 55.0 Å². The van der Waals surface area contributed by atoms with Crippen LogP contribution in [-0.2, 0) is 72.5 Å². The van der Waals surface area contributed by atoms with Crippen LogP contribution in [0.3, 0.4) is 0 Å². The Kier molecular flexibility index (Phi) is 27.8. The van der Waals surface area contributed by atoms with Gasteiger partial charge in [0.2, 0.25) is 0 Å². The van der Waals surface area contributed by atoms with Crippen LogP contribution in [0.2, 0.25) is 0 Å². The fourth-order valence-electron chi connectivity index (χ4n) is 1.94. The van der Waals surface area contributed by atoms with E-state index in [2.05, 4.69) is 35.1 Å². The molecule has 0 atom stereocenters. The number of carbonyl (C=O) groups is 8. The predicted molar refractivity (Wildman–Crippen MR) is 139 cm³/mol. The maximum atomic E-state index is 10.9. The van der Waals surface area contributed by atoms with Crippen molar-refractivity contribution in [1.29, 1.82) is 0 Å². The van der Waals surface area contributed by atoms with Crippen molar-refractivity contribution in [2.75, 3.05) is 0 Å². The Labute approximate surface area is 263 Å². The van der Waals surface area contributed by atoms with Crippen molar-refractivity contribution in [2.24, 2.45) is 0 Å². The number of para-hydroxylation sites is 4. The van der Waals surface area contributed by atoms with Crippen LogP contribution in [0.4, 0.5) is 22.7 Å². The zero-order chi connectivity index (χ0) is 30.1. The molecule has 0 fully saturated rings. The number of benzene rings is 2. The van der Waals surface area contributed by atoms with Gasteiger partial charge in [0.15, 0.2) is 23.6 Å². The van der Waals surface area contributed by atoms with Crippen molar-refractivity contribution >= 4 is 70.3 Å². The summed E-state index contributed by atoms with van der Waals surface area (Å²) in [5.41, 5.74) is -0.780. The maximum absolute atomic E-state index is 10.9. The van der Waals surface area contributed by atoms with Crippen LogP contribution in [0, 0.1) is 0 Å². The predicted octanol–water partition coefficient (Wildman–Crippen LogP) is 1.60. The van der Waals surface area contributed by atoms with Gasteiger partial charge < -0.3 is 71.8 Å². The molecule has 234 valence electrons. The molecule has 2 aromatic carbocycles. The summed E-state index contributed by atoms with van der Waals surface area (Å²) in [6, 6.07) is 10.6. The molecular formula is C23H24Mn2N4O14. The first-order valence-corrected chi connectivity index (χ1v) is 10.4. The molecule has 8 N–H and O–H groups in total. The molecule has 0 unspecified atom stereocenters. The van der Waals surface area contributed by atoms with Gasteiger partial charge in [-0.3, -0.25) is 0 Å². The van der Waals surface area contributed by atoms with Crippen LogP contribution in [0.1, 0.15) is 20.3 Å². The third-order valence-electron chi connectivity index (χ3n) is 3.38. The molecule has 43 heavy (non-hydrogen) atoms. The Balaban J connectivity index is -0.000000189. The molecule has 0 heterocycles. The van der Waals surface area contributed by atoms with Crippen molar-refractivity contribution < 1.29 is 104 Å². The maximum Gasteiger partial charge on any atom is 2.00 e. The molecule has 0 saturated carbocycles.